The number of hydrogen-bond acceptors (Lipinski definition) is 3. The highest BCUT2D eigenvalue weighted by Gasteiger charge is 2.23. The van der Waals surface area contributed by atoms with Crippen LogP contribution in [0.15, 0.2) is 24.3 Å². The van der Waals surface area contributed by atoms with E-state index in [-0.39, 0.29) is 5.91 Å². The van der Waals surface area contributed by atoms with Crippen LogP contribution in [-0.4, -0.2) is 31.1 Å². The number of ether oxygens (including phenoxy) is 1. The molecule has 0 radical (unpaired) electrons. The van der Waals surface area contributed by atoms with Crippen molar-refractivity contribution in [1.29, 1.82) is 0 Å². The third-order valence-electron chi connectivity index (χ3n) is 3.65. The van der Waals surface area contributed by atoms with E-state index in [1.807, 2.05) is 36.2 Å². The van der Waals surface area contributed by atoms with Gasteiger partial charge in [0.25, 0.3) is 0 Å². The van der Waals surface area contributed by atoms with E-state index >= 15 is 0 Å². The maximum Gasteiger partial charge on any atom is 0.241 e. The minimum Gasteiger partial charge on any atom is -0.380 e. The molecule has 1 aromatic rings. The van der Waals surface area contributed by atoms with Crippen molar-refractivity contribution in [3.05, 3.63) is 29.8 Å². The quantitative estimate of drug-likeness (QED) is 0.829. The van der Waals surface area contributed by atoms with E-state index in [0.717, 1.165) is 37.2 Å². The first-order chi connectivity index (χ1) is 9.76. The Morgan fingerprint density at radius 1 is 1.20 bits per heavy atom. The van der Waals surface area contributed by atoms with E-state index in [1.165, 1.54) is 6.42 Å². The van der Waals surface area contributed by atoms with Crippen molar-refractivity contribution in [2.24, 2.45) is 0 Å². The highest BCUT2D eigenvalue weighted by atomic mass is 16.5. The number of nitrogens with zero attached hydrogens (tertiary/aromatic N) is 2. The number of carbonyl (C=O) groups excluding carboxylic acids is 1. The molecule has 0 spiro atoms. The standard InChI is InChI=1S/C16H24N2O2/c1-3-16(19)18(17-11-5-4-6-12-17)15-9-7-14(8-10-15)13-20-2/h7-10H,3-6,11-13H2,1-2H3. The number of hydrazine groups is 1. The van der Waals surface area contributed by atoms with Crippen molar-refractivity contribution in [2.75, 3.05) is 25.2 Å². The predicted molar refractivity (Wildman–Crippen MR) is 80.4 cm³/mol. The second kappa shape index (κ2) is 7.41. The van der Waals surface area contributed by atoms with Crippen molar-refractivity contribution < 1.29 is 9.53 Å². The fraction of sp³-hybridized carbons (Fsp3) is 0.562. The third-order valence-corrected chi connectivity index (χ3v) is 3.65. The zero-order valence-electron chi connectivity index (χ0n) is 12.5. The molecule has 0 unspecified atom stereocenters. The summed E-state index contributed by atoms with van der Waals surface area (Å²) in [7, 11) is 1.69. The van der Waals surface area contributed by atoms with Crippen LogP contribution in [0.1, 0.15) is 38.2 Å². The molecule has 4 nitrogen and oxygen atoms in total. The lowest BCUT2D eigenvalue weighted by Gasteiger charge is -2.37. The van der Waals surface area contributed by atoms with Gasteiger partial charge in [0.2, 0.25) is 5.91 Å². The minimum absolute atomic E-state index is 0.159. The Hall–Kier alpha value is -1.39. The number of methoxy groups -OCH3 is 1. The van der Waals surface area contributed by atoms with E-state index in [0.29, 0.717) is 13.0 Å². The Morgan fingerprint density at radius 2 is 1.85 bits per heavy atom. The van der Waals surface area contributed by atoms with Gasteiger partial charge in [0.15, 0.2) is 0 Å². The minimum atomic E-state index is 0.159. The Bertz CT molecular complexity index is 425. The van der Waals surface area contributed by atoms with Gasteiger partial charge in [-0.05, 0) is 30.5 Å². The van der Waals surface area contributed by atoms with E-state index in [4.69, 9.17) is 4.74 Å². The summed E-state index contributed by atoms with van der Waals surface area (Å²) in [5.41, 5.74) is 2.08. The van der Waals surface area contributed by atoms with Crippen molar-refractivity contribution >= 4 is 11.6 Å². The molecule has 0 bridgehead atoms. The first-order valence-electron chi connectivity index (χ1n) is 7.42. The SMILES string of the molecule is CCC(=O)N(c1ccc(COC)cc1)N1CCCCC1. The van der Waals surface area contributed by atoms with Crippen LogP contribution in [0.3, 0.4) is 0 Å². The molecule has 2 rings (SSSR count). The van der Waals surface area contributed by atoms with Gasteiger partial charge in [0, 0.05) is 26.6 Å². The number of hydrogen-bond donors (Lipinski definition) is 0. The summed E-state index contributed by atoms with van der Waals surface area (Å²) in [5, 5.41) is 4.04. The fourth-order valence-electron chi connectivity index (χ4n) is 2.59. The maximum atomic E-state index is 12.3. The second-order valence-corrected chi connectivity index (χ2v) is 5.17. The summed E-state index contributed by atoms with van der Waals surface area (Å²) in [6.07, 6.45) is 4.11. The Balaban J connectivity index is 2.18. The van der Waals surface area contributed by atoms with Crippen molar-refractivity contribution in [3.63, 3.8) is 0 Å². The zero-order chi connectivity index (χ0) is 14.4. The monoisotopic (exact) mass is 276 g/mol. The Morgan fingerprint density at radius 3 is 2.40 bits per heavy atom. The largest absolute Gasteiger partial charge is 0.380 e. The summed E-state index contributed by atoms with van der Waals surface area (Å²) in [4.78, 5) is 12.3. The molecule has 1 fully saturated rings. The van der Waals surface area contributed by atoms with Gasteiger partial charge in [-0.15, -0.1) is 0 Å². The highest BCUT2D eigenvalue weighted by molar-refractivity contribution is 5.92. The zero-order valence-corrected chi connectivity index (χ0v) is 12.5. The highest BCUT2D eigenvalue weighted by Crippen LogP contribution is 2.22. The van der Waals surface area contributed by atoms with E-state index < -0.39 is 0 Å². The van der Waals surface area contributed by atoms with Crippen molar-refractivity contribution in [3.8, 4) is 0 Å². The van der Waals surface area contributed by atoms with Crippen LogP contribution in [0.5, 0.6) is 0 Å². The van der Waals surface area contributed by atoms with Gasteiger partial charge in [0.1, 0.15) is 0 Å². The van der Waals surface area contributed by atoms with E-state index in [2.05, 4.69) is 5.01 Å². The molecule has 0 aliphatic carbocycles. The summed E-state index contributed by atoms with van der Waals surface area (Å²) in [5.74, 6) is 0.159. The molecule has 20 heavy (non-hydrogen) atoms. The molecular formula is C16H24N2O2. The summed E-state index contributed by atoms with van der Waals surface area (Å²) in [6, 6.07) is 8.07. The van der Waals surface area contributed by atoms with Gasteiger partial charge in [-0.25, -0.2) is 10.0 Å². The molecular weight excluding hydrogens is 252 g/mol. The average molecular weight is 276 g/mol. The molecule has 1 aliphatic rings. The lowest BCUT2D eigenvalue weighted by Crippen LogP contribution is -2.49. The summed E-state index contributed by atoms with van der Waals surface area (Å²) >= 11 is 0. The average Bonchev–Trinajstić information content (AvgIpc) is 2.50. The number of piperidine rings is 1. The number of amides is 1. The van der Waals surface area contributed by atoms with Crippen LogP contribution >= 0.6 is 0 Å². The lowest BCUT2D eigenvalue weighted by atomic mass is 10.1. The first-order valence-corrected chi connectivity index (χ1v) is 7.42. The Labute approximate surface area is 121 Å². The molecule has 0 atom stereocenters. The number of anilines is 1. The second-order valence-electron chi connectivity index (χ2n) is 5.17. The maximum absolute atomic E-state index is 12.3. The predicted octanol–water partition coefficient (Wildman–Crippen LogP) is 2.98. The number of benzene rings is 1. The van der Waals surface area contributed by atoms with Crippen LogP contribution in [-0.2, 0) is 16.1 Å². The van der Waals surface area contributed by atoms with Gasteiger partial charge >= 0.3 is 0 Å². The number of rotatable bonds is 5. The fourth-order valence-corrected chi connectivity index (χ4v) is 2.59. The van der Waals surface area contributed by atoms with Gasteiger partial charge in [-0.2, -0.15) is 0 Å². The van der Waals surface area contributed by atoms with Crippen molar-refractivity contribution in [1.82, 2.24) is 5.01 Å². The summed E-state index contributed by atoms with van der Waals surface area (Å²) in [6.45, 7) is 4.45. The van der Waals surface area contributed by atoms with Crippen LogP contribution < -0.4 is 5.01 Å². The lowest BCUT2D eigenvalue weighted by molar-refractivity contribution is -0.121. The van der Waals surface area contributed by atoms with Crippen LogP contribution in [0.4, 0.5) is 5.69 Å². The van der Waals surface area contributed by atoms with E-state index in [1.54, 1.807) is 7.11 Å². The molecule has 1 amide bonds. The van der Waals surface area contributed by atoms with Crippen LogP contribution in [0.2, 0.25) is 0 Å². The normalized spacial score (nSPS) is 16.1. The molecule has 0 saturated carbocycles. The van der Waals surface area contributed by atoms with E-state index in [9.17, 15) is 4.79 Å². The van der Waals surface area contributed by atoms with Gasteiger partial charge in [-0.1, -0.05) is 25.5 Å². The van der Waals surface area contributed by atoms with Crippen LogP contribution in [0, 0.1) is 0 Å². The molecule has 110 valence electrons. The molecule has 1 aliphatic heterocycles. The van der Waals surface area contributed by atoms with Crippen LogP contribution in [0.25, 0.3) is 0 Å². The van der Waals surface area contributed by atoms with Gasteiger partial charge in [-0.3, -0.25) is 4.79 Å². The molecule has 1 aromatic carbocycles. The molecule has 0 aromatic heterocycles. The molecule has 1 saturated heterocycles. The number of carbonyl (C=O) groups is 1. The van der Waals surface area contributed by atoms with Crippen molar-refractivity contribution in [2.45, 2.75) is 39.2 Å². The molecule has 1 heterocycles. The first kappa shape index (κ1) is 15.0. The smallest absolute Gasteiger partial charge is 0.241 e. The Kier molecular flexibility index (Phi) is 5.56. The topological polar surface area (TPSA) is 32.8 Å². The molecule has 4 heteroatoms. The molecule has 0 N–H and O–H groups in total. The van der Waals surface area contributed by atoms with Gasteiger partial charge < -0.3 is 4.74 Å². The third kappa shape index (κ3) is 3.58. The summed E-state index contributed by atoms with van der Waals surface area (Å²) < 4.78 is 5.12. The van der Waals surface area contributed by atoms with Gasteiger partial charge in [0.05, 0.1) is 12.3 Å².